The zero-order chi connectivity index (χ0) is 13.0. The van der Waals surface area contributed by atoms with Gasteiger partial charge in [-0.3, -0.25) is 0 Å². The Balaban J connectivity index is 1.97. The van der Waals surface area contributed by atoms with Gasteiger partial charge in [0.2, 0.25) is 0 Å². The maximum absolute atomic E-state index is 5.55. The van der Waals surface area contributed by atoms with Crippen molar-refractivity contribution < 1.29 is 0 Å². The van der Waals surface area contributed by atoms with Crippen LogP contribution in [0.1, 0.15) is 18.4 Å². The van der Waals surface area contributed by atoms with Gasteiger partial charge in [-0.2, -0.15) is 0 Å². The Morgan fingerprint density at radius 2 is 2.11 bits per heavy atom. The Hall–Kier alpha value is -1.13. The van der Waals surface area contributed by atoms with Crippen LogP contribution in [-0.2, 0) is 6.42 Å². The van der Waals surface area contributed by atoms with Gasteiger partial charge in [0.1, 0.15) is 5.82 Å². The van der Waals surface area contributed by atoms with E-state index in [4.69, 9.17) is 5.73 Å². The van der Waals surface area contributed by atoms with E-state index >= 15 is 0 Å². The molecule has 4 nitrogen and oxygen atoms in total. The molecule has 0 unspecified atom stereocenters. The summed E-state index contributed by atoms with van der Waals surface area (Å²) in [5.41, 5.74) is 6.77. The average molecular weight is 248 g/mol. The third-order valence-electron chi connectivity index (χ3n) is 3.84. The molecule has 100 valence electrons. The van der Waals surface area contributed by atoms with E-state index in [-0.39, 0.29) is 0 Å². The number of piperidine rings is 1. The molecule has 1 saturated heterocycles. The summed E-state index contributed by atoms with van der Waals surface area (Å²) >= 11 is 0. The summed E-state index contributed by atoms with van der Waals surface area (Å²) in [6.45, 7) is 3.05. The molecule has 0 aromatic carbocycles. The third kappa shape index (κ3) is 3.21. The molecular formula is C14H24N4. The molecule has 0 atom stereocenters. The summed E-state index contributed by atoms with van der Waals surface area (Å²) in [5.74, 6) is 1.07. The van der Waals surface area contributed by atoms with E-state index in [9.17, 15) is 0 Å². The minimum atomic E-state index is 0.619. The normalized spacial score (nSPS) is 17.9. The highest BCUT2D eigenvalue weighted by atomic mass is 15.2. The molecular weight excluding hydrogens is 224 g/mol. The number of nitrogens with zero attached hydrogens (tertiary/aromatic N) is 3. The van der Waals surface area contributed by atoms with Gasteiger partial charge >= 0.3 is 0 Å². The van der Waals surface area contributed by atoms with E-state index in [0.29, 0.717) is 12.6 Å². The summed E-state index contributed by atoms with van der Waals surface area (Å²) in [6, 6.07) is 4.87. The first-order valence-electron chi connectivity index (χ1n) is 6.77. The van der Waals surface area contributed by atoms with E-state index in [2.05, 4.69) is 41.0 Å². The Labute approximate surface area is 110 Å². The Morgan fingerprint density at radius 1 is 1.39 bits per heavy atom. The summed E-state index contributed by atoms with van der Waals surface area (Å²) < 4.78 is 0. The van der Waals surface area contributed by atoms with Crippen molar-refractivity contribution in [3.05, 3.63) is 23.9 Å². The second kappa shape index (κ2) is 6.16. The smallest absolute Gasteiger partial charge is 0.128 e. The van der Waals surface area contributed by atoms with Gasteiger partial charge in [0, 0.05) is 19.3 Å². The Morgan fingerprint density at radius 3 is 2.67 bits per heavy atom. The van der Waals surface area contributed by atoms with Gasteiger partial charge in [-0.15, -0.1) is 0 Å². The standard InChI is InChI=1S/C14H24N4/c1-17-9-6-13(7-10-17)18(2)14-4-3-12(5-8-15)11-16-14/h3-4,11,13H,5-10,15H2,1-2H3. The van der Waals surface area contributed by atoms with Gasteiger partial charge in [-0.25, -0.2) is 4.98 Å². The number of rotatable bonds is 4. The number of anilines is 1. The van der Waals surface area contributed by atoms with Crippen LogP contribution in [0.15, 0.2) is 18.3 Å². The van der Waals surface area contributed by atoms with Crippen molar-refractivity contribution in [1.29, 1.82) is 0 Å². The van der Waals surface area contributed by atoms with Gasteiger partial charge < -0.3 is 15.5 Å². The minimum absolute atomic E-state index is 0.619. The maximum atomic E-state index is 5.55. The van der Waals surface area contributed by atoms with E-state index in [1.807, 2.05) is 6.20 Å². The van der Waals surface area contributed by atoms with Crippen LogP contribution < -0.4 is 10.6 Å². The van der Waals surface area contributed by atoms with Crippen molar-refractivity contribution in [2.75, 3.05) is 38.6 Å². The number of likely N-dealkylation sites (tertiary alicyclic amines) is 1. The molecule has 0 aliphatic carbocycles. The fourth-order valence-corrected chi connectivity index (χ4v) is 2.51. The number of pyridine rings is 1. The zero-order valence-electron chi connectivity index (χ0n) is 11.5. The predicted octanol–water partition coefficient (Wildman–Crippen LogP) is 1.11. The average Bonchev–Trinajstić information content (AvgIpc) is 2.40. The lowest BCUT2D eigenvalue weighted by Crippen LogP contribution is -2.42. The lowest BCUT2D eigenvalue weighted by atomic mass is 10.0. The van der Waals surface area contributed by atoms with Gasteiger partial charge in [0.05, 0.1) is 0 Å². The van der Waals surface area contributed by atoms with Gasteiger partial charge in [-0.1, -0.05) is 6.07 Å². The molecule has 4 heteroatoms. The summed E-state index contributed by atoms with van der Waals surface area (Å²) in [5, 5.41) is 0. The molecule has 0 radical (unpaired) electrons. The lowest BCUT2D eigenvalue weighted by molar-refractivity contribution is 0.252. The van der Waals surface area contributed by atoms with Gasteiger partial charge in [0.15, 0.2) is 0 Å². The lowest BCUT2D eigenvalue weighted by Gasteiger charge is -2.35. The monoisotopic (exact) mass is 248 g/mol. The largest absolute Gasteiger partial charge is 0.357 e. The maximum Gasteiger partial charge on any atom is 0.128 e. The SMILES string of the molecule is CN1CCC(N(C)c2ccc(CCN)cn2)CC1. The molecule has 0 spiro atoms. The second-order valence-corrected chi connectivity index (χ2v) is 5.21. The highest BCUT2D eigenvalue weighted by Crippen LogP contribution is 2.19. The van der Waals surface area contributed by atoms with Crippen LogP contribution in [0.4, 0.5) is 5.82 Å². The fourth-order valence-electron chi connectivity index (χ4n) is 2.51. The van der Waals surface area contributed by atoms with E-state index in [0.717, 1.165) is 12.2 Å². The first-order valence-corrected chi connectivity index (χ1v) is 6.77. The Bertz CT molecular complexity index is 355. The molecule has 1 aromatic heterocycles. The van der Waals surface area contributed by atoms with Crippen LogP contribution in [0, 0.1) is 0 Å². The van der Waals surface area contributed by atoms with E-state index in [1.165, 1.54) is 31.5 Å². The van der Waals surface area contributed by atoms with Crippen LogP contribution >= 0.6 is 0 Å². The molecule has 0 saturated carbocycles. The zero-order valence-corrected chi connectivity index (χ0v) is 11.5. The molecule has 1 aliphatic rings. The second-order valence-electron chi connectivity index (χ2n) is 5.21. The van der Waals surface area contributed by atoms with Crippen LogP contribution in [-0.4, -0.2) is 49.7 Å². The van der Waals surface area contributed by atoms with Crippen molar-refractivity contribution in [3.63, 3.8) is 0 Å². The predicted molar refractivity (Wildman–Crippen MR) is 75.9 cm³/mol. The number of aromatic nitrogens is 1. The van der Waals surface area contributed by atoms with E-state index in [1.54, 1.807) is 0 Å². The highest BCUT2D eigenvalue weighted by Gasteiger charge is 2.21. The van der Waals surface area contributed by atoms with Crippen molar-refractivity contribution in [2.45, 2.75) is 25.3 Å². The Kier molecular flexibility index (Phi) is 4.55. The molecule has 2 heterocycles. The summed E-state index contributed by atoms with van der Waals surface area (Å²) in [7, 11) is 4.34. The van der Waals surface area contributed by atoms with E-state index < -0.39 is 0 Å². The van der Waals surface area contributed by atoms with Crippen molar-refractivity contribution in [1.82, 2.24) is 9.88 Å². The molecule has 18 heavy (non-hydrogen) atoms. The highest BCUT2D eigenvalue weighted by molar-refractivity contribution is 5.39. The van der Waals surface area contributed by atoms with Gasteiger partial charge in [-0.05, 0) is 57.6 Å². The van der Waals surface area contributed by atoms with Crippen molar-refractivity contribution in [2.24, 2.45) is 5.73 Å². The molecule has 2 rings (SSSR count). The van der Waals surface area contributed by atoms with Crippen LogP contribution in [0.25, 0.3) is 0 Å². The first-order chi connectivity index (χ1) is 8.70. The minimum Gasteiger partial charge on any atom is -0.357 e. The molecule has 0 bridgehead atoms. The summed E-state index contributed by atoms with van der Waals surface area (Å²) in [6.07, 6.45) is 5.30. The number of nitrogens with two attached hydrogens (primary N) is 1. The van der Waals surface area contributed by atoms with Crippen LogP contribution in [0.2, 0.25) is 0 Å². The van der Waals surface area contributed by atoms with Crippen LogP contribution in [0.3, 0.4) is 0 Å². The third-order valence-corrected chi connectivity index (χ3v) is 3.84. The summed E-state index contributed by atoms with van der Waals surface area (Å²) in [4.78, 5) is 9.26. The number of hydrogen-bond donors (Lipinski definition) is 1. The molecule has 1 aromatic rings. The molecule has 2 N–H and O–H groups in total. The van der Waals surface area contributed by atoms with Gasteiger partial charge in [0.25, 0.3) is 0 Å². The quantitative estimate of drug-likeness (QED) is 0.867. The fraction of sp³-hybridized carbons (Fsp3) is 0.643. The van der Waals surface area contributed by atoms with Crippen molar-refractivity contribution >= 4 is 5.82 Å². The molecule has 1 fully saturated rings. The topological polar surface area (TPSA) is 45.4 Å². The molecule has 0 amide bonds. The molecule has 1 aliphatic heterocycles. The van der Waals surface area contributed by atoms with Crippen molar-refractivity contribution in [3.8, 4) is 0 Å². The first kappa shape index (κ1) is 13.3. The number of hydrogen-bond acceptors (Lipinski definition) is 4. The van der Waals surface area contributed by atoms with Crippen LogP contribution in [0.5, 0.6) is 0 Å².